The van der Waals surface area contributed by atoms with Crippen molar-refractivity contribution >= 4 is 28.9 Å². The fraction of sp³-hybridized carbons (Fsp3) is 0. The van der Waals surface area contributed by atoms with Gasteiger partial charge in [-0.15, -0.1) is 0 Å². The second kappa shape index (κ2) is 56.6. The molecule has 0 aliphatic heterocycles. The van der Waals surface area contributed by atoms with Crippen molar-refractivity contribution in [2.45, 2.75) is 0 Å². The normalized spacial score (nSPS) is 1.71. The first-order chi connectivity index (χ1) is 1.41. The Morgan fingerprint density at radius 2 is 0.857 bits per heavy atom. The Morgan fingerprint density at radius 3 is 0.857 bits per heavy atom. The van der Waals surface area contributed by atoms with Crippen molar-refractivity contribution in [3.05, 3.63) is 0 Å². The summed E-state index contributed by atoms with van der Waals surface area (Å²) in [4.78, 5) is 0. The predicted octanol–water partition coefficient (Wildman–Crippen LogP) is -10.0. The fourth-order valence-corrected chi connectivity index (χ4v) is 0. The Morgan fingerprint density at radius 1 is 0.857 bits per heavy atom. The molecule has 0 unspecified atom stereocenters. The molecule has 0 atom stereocenters. The van der Waals surface area contributed by atoms with E-state index in [0.29, 0.717) is 0 Å². The monoisotopic (exact) mass is 196 g/mol. The molecule has 0 saturated heterocycles. The van der Waals surface area contributed by atoms with E-state index < -0.39 is 11.6 Å². The molecule has 0 aromatic carbocycles. The molecule has 0 aliphatic carbocycles. The first-order valence-electron chi connectivity index (χ1n) is 0.333. The molecule has 0 saturated carbocycles. The predicted molar refractivity (Wildman–Crippen MR) is 14.7 cm³/mol. The van der Waals surface area contributed by atoms with Gasteiger partial charge in [-0.1, -0.05) is 0 Å². The average molecular weight is 197 g/mol. The van der Waals surface area contributed by atoms with E-state index in [1.165, 1.54) is 0 Å². The van der Waals surface area contributed by atoms with Gasteiger partial charge in [-0.3, -0.25) is 0 Å². The molecule has 0 heterocycles. The van der Waals surface area contributed by atoms with Crippen LogP contribution in [-0.2, 0) is 11.6 Å². The average Bonchev–Trinajstić information content (AvgIpc) is 0.918. The Labute approximate surface area is 74.4 Å². The number of rotatable bonds is 0. The van der Waals surface area contributed by atoms with Crippen LogP contribution in [0.2, 0.25) is 0 Å². The van der Waals surface area contributed by atoms with Crippen LogP contribution in [0.1, 0.15) is 0 Å². The minimum Gasteiger partial charge on any atom is -1.00 e. The summed E-state index contributed by atoms with van der Waals surface area (Å²) in [6, 6.07) is 0. The van der Waals surface area contributed by atoms with Gasteiger partial charge in [-0.05, 0) is 0 Å². The van der Waals surface area contributed by atoms with Gasteiger partial charge in [-0.2, -0.15) is 8.42 Å². The second-order valence-corrected chi connectivity index (χ2v) is 0.204. The summed E-state index contributed by atoms with van der Waals surface area (Å²) in [5, 5.41) is 0. The minimum absolute atomic E-state index is 0. The molecule has 0 aliphatic rings. The van der Waals surface area contributed by atoms with Gasteiger partial charge < -0.3 is 37.2 Å². The molecule has 0 bridgehead atoms. The summed E-state index contributed by atoms with van der Waals surface area (Å²) in [7, 11) is 0. The van der Waals surface area contributed by atoms with Gasteiger partial charge in [0, 0.05) is 0 Å². The van der Waals surface area contributed by atoms with Crippen LogP contribution in [0.3, 0.4) is 0 Å². The molecular formula is AlCl3O2S. The van der Waals surface area contributed by atoms with Crippen molar-refractivity contribution in [2.75, 3.05) is 0 Å². The van der Waals surface area contributed by atoms with Crippen LogP contribution < -0.4 is 37.2 Å². The zero-order valence-corrected chi connectivity index (χ0v) is 7.17. The summed E-state index contributed by atoms with van der Waals surface area (Å²) in [6.45, 7) is 0. The van der Waals surface area contributed by atoms with Crippen molar-refractivity contribution in [3.63, 3.8) is 0 Å². The molecule has 0 amide bonds. The van der Waals surface area contributed by atoms with Gasteiger partial charge in [0.2, 0.25) is 0 Å². The number of hydrogen-bond donors (Lipinski definition) is 0. The molecule has 0 fully saturated rings. The van der Waals surface area contributed by atoms with Crippen LogP contribution in [0.15, 0.2) is 0 Å². The maximum atomic E-state index is 8.29. The van der Waals surface area contributed by atoms with E-state index in [4.69, 9.17) is 8.42 Å². The van der Waals surface area contributed by atoms with E-state index in [2.05, 4.69) is 0 Å². The molecule has 0 rings (SSSR count). The zero-order valence-electron chi connectivity index (χ0n) is 2.94. The van der Waals surface area contributed by atoms with E-state index in [9.17, 15) is 0 Å². The smallest absolute Gasteiger partial charge is 1.00 e. The Kier molecular flexibility index (Phi) is 334. The van der Waals surface area contributed by atoms with E-state index in [1.807, 2.05) is 0 Å². The standard InChI is InChI=1S/Al.3ClH.O2S/c;;;;1-3-2/h;3*1H;/q+3;;;;/p-3. The van der Waals surface area contributed by atoms with Crippen LogP contribution >= 0.6 is 0 Å². The van der Waals surface area contributed by atoms with Crippen molar-refractivity contribution in [1.29, 1.82) is 0 Å². The van der Waals surface area contributed by atoms with E-state index in [-0.39, 0.29) is 54.6 Å². The quantitative estimate of drug-likeness (QED) is 0.362. The SMILES string of the molecule is O=S=O.[Al+3].[Cl-].[Cl-].[Cl-]. The summed E-state index contributed by atoms with van der Waals surface area (Å²) in [5.41, 5.74) is 0. The van der Waals surface area contributed by atoms with Crippen molar-refractivity contribution in [1.82, 2.24) is 0 Å². The van der Waals surface area contributed by atoms with Gasteiger partial charge in [0.05, 0.1) is 0 Å². The number of halogens is 3. The van der Waals surface area contributed by atoms with Crippen molar-refractivity contribution in [3.8, 4) is 0 Å². The second-order valence-electron chi connectivity index (χ2n) is 0.0680. The van der Waals surface area contributed by atoms with Gasteiger partial charge in [0.1, 0.15) is 0 Å². The zero-order chi connectivity index (χ0) is 2.71. The molecule has 2 nitrogen and oxygen atoms in total. The van der Waals surface area contributed by atoms with Crippen molar-refractivity contribution in [2.24, 2.45) is 0 Å². The van der Waals surface area contributed by atoms with Crippen molar-refractivity contribution < 1.29 is 45.6 Å². The van der Waals surface area contributed by atoms with E-state index in [1.54, 1.807) is 0 Å². The van der Waals surface area contributed by atoms with Crippen LogP contribution in [-0.4, -0.2) is 25.8 Å². The van der Waals surface area contributed by atoms with Crippen LogP contribution in [0.4, 0.5) is 0 Å². The van der Waals surface area contributed by atoms with Gasteiger partial charge in [0.15, 0.2) is 0 Å². The molecule has 0 aromatic heterocycles. The Balaban J connectivity index is -0.00000000333. The Bertz CT molecular complexity index is 33.9. The minimum atomic E-state index is -0.750. The van der Waals surface area contributed by atoms with E-state index in [0.717, 1.165) is 0 Å². The summed E-state index contributed by atoms with van der Waals surface area (Å²) < 4.78 is 16.6. The fourth-order valence-electron chi connectivity index (χ4n) is 0. The third-order valence-electron chi connectivity index (χ3n) is 0. The summed E-state index contributed by atoms with van der Waals surface area (Å²) in [5.74, 6) is 0. The van der Waals surface area contributed by atoms with Crippen LogP contribution in [0.5, 0.6) is 0 Å². The third-order valence-corrected chi connectivity index (χ3v) is 0. The molecule has 42 valence electrons. The maximum Gasteiger partial charge on any atom is 3.00 e. The molecule has 0 aromatic rings. The molecule has 0 radical (unpaired) electrons. The topological polar surface area (TPSA) is 34.1 Å². The molecular weight excluding hydrogens is 197 g/mol. The molecule has 0 spiro atoms. The summed E-state index contributed by atoms with van der Waals surface area (Å²) in [6.07, 6.45) is 0. The van der Waals surface area contributed by atoms with Gasteiger partial charge in [0.25, 0.3) is 0 Å². The van der Waals surface area contributed by atoms with Crippen LogP contribution in [0, 0.1) is 0 Å². The first kappa shape index (κ1) is 41.3. The third kappa shape index (κ3) is 132. The van der Waals surface area contributed by atoms with Gasteiger partial charge >= 0.3 is 28.9 Å². The molecule has 0 N–H and O–H groups in total. The van der Waals surface area contributed by atoms with E-state index >= 15 is 0 Å². The van der Waals surface area contributed by atoms with Gasteiger partial charge in [-0.25, -0.2) is 0 Å². The number of hydrogen-bond acceptors (Lipinski definition) is 2. The maximum absolute atomic E-state index is 8.29. The molecule has 7 heavy (non-hydrogen) atoms. The molecule has 7 heteroatoms. The largest absolute Gasteiger partial charge is 3.00 e. The van der Waals surface area contributed by atoms with Crippen LogP contribution in [0.25, 0.3) is 0 Å². The Hall–Kier alpha value is 1.22. The first-order valence-corrected chi connectivity index (χ1v) is 1.00. The summed E-state index contributed by atoms with van der Waals surface area (Å²) >= 11 is -0.750.